The van der Waals surface area contributed by atoms with Crippen molar-refractivity contribution in [3.63, 3.8) is 0 Å². The average Bonchev–Trinajstić information content (AvgIpc) is 2.74. The van der Waals surface area contributed by atoms with Crippen LogP contribution in [0.3, 0.4) is 0 Å². The molecule has 0 saturated heterocycles. The van der Waals surface area contributed by atoms with Crippen LogP contribution >= 0.6 is 11.6 Å². The van der Waals surface area contributed by atoms with Gasteiger partial charge in [0.1, 0.15) is 0 Å². The SMILES string of the molecule is CN(CC1(O)CCCC1)c1c(Cl)cc(N)cc1C(=O)O. The molecule has 1 aliphatic rings. The molecular weight excluding hydrogens is 280 g/mol. The fraction of sp³-hybridized carbons (Fsp3) is 0.500. The highest BCUT2D eigenvalue weighted by Crippen LogP contribution is 2.36. The highest BCUT2D eigenvalue weighted by molar-refractivity contribution is 6.34. The number of halogens is 1. The summed E-state index contributed by atoms with van der Waals surface area (Å²) in [7, 11) is 1.74. The zero-order valence-corrected chi connectivity index (χ0v) is 12.2. The zero-order valence-electron chi connectivity index (χ0n) is 11.4. The van der Waals surface area contributed by atoms with E-state index in [4.69, 9.17) is 17.3 Å². The van der Waals surface area contributed by atoms with Crippen LogP contribution in [0.4, 0.5) is 11.4 Å². The molecule has 4 N–H and O–H groups in total. The Morgan fingerprint density at radius 1 is 1.45 bits per heavy atom. The van der Waals surface area contributed by atoms with E-state index in [2.05, 4.69) is 0 Å². The minimum Gasteiger partial charge on any atom is -0.478 e. The van der Waals surface area contributed by atoms with Gasteiger partial charge in [-0.2, -0.15) is 0 Å². The molecule has 1 aliphatic carbocycles. The van der Waals surface area contributed by atoms with E-state index in [0.29, 0.717) is 17.9 Å². The number of aliphatic hydroxyl groups is 1. The van der Waals surface area contributed by atoms with E-state index < -0.39 is 11.6 Å². The number of nitrogen functional groups attached to an aromatic ring is 1. The molecule has 5 nitrogen and oxygen atoms in total. The lowest BCUT2D eigenvalue weighted by atomic mass is 10.0. The molecule has 20 heavy (non-hydrogen) atoms. The molecule has 1 aromatic carbocycles. The van der Waals surface area contributed by atoms with Crippen molar-refractivity contribution >= 4 is 28.9 Å². The Kier molecular flexibility index (Phi) is 4.11. The second-order valence-corrected chi connectivity index (χ2v) is 5.90. The fourth-order valence-corrected chi connectivity index (χ4v) is 3.25. The quantitative estimate of drug-likeness (QED) is 0.743. The Balaban J connectivity index is 2.33. The lowest BCUT2D eigenvalue weighted by Gasteiger charge is -2.31. The highest BCUT2D eigenvalue weighted by Gasteiger charge is 2.33. The van der Waals surface area contributed by atoms with Gasteiger partial charge in [0.25, 0.3) is 0 Å². The van der Waals surface area contributed by atoms with Gasteiger partial charge in [-0.1, -0.05) is 24.4 Å². The predicted octanol–water partition coefficient (Wildman–Crippen LogP) is 2.36. The number of nitrogens with two attached hydrogens (primary N) is 1. The molecular formula is C14H19ClN2O3. The second-order valence-electron chi connectivity index (χ2n) is 5.49. The molecule has 2 rings (SSSR count). The van der Waals surface area contributed by atoms with E-state index in [1.54, 1.807) is 11.9 Å². The van der Waals surface area contributed by atoms with E-state index in [0.717, 1.165) is 25.7 Å². The molecule has 1 aromatic rings. The Morgan fingerprint density at radius 2 is 2.05 bits per heavy atom. The van der Waals surface area contributed by atoms with Gasteiger partial charge in [-0.3, -0.25) is 0 Å². The van der Waals surface area contributed by atoms with Crippen molar-refractivity contribution in [1.82, 2.24) is 0 Å². The van der Waals surface area contributed by atoms with E-state index in [1.807, 2.05) is 0 Å². The molecule has 0 bridgehead atoms. The number of rotatable bonds is 4. The third-order valence-electron chi connectivity index (χ3n) is 3.76. The molecule has 0 aliphatic heterocycles. The van der Waals surface area contributed by atoms with Crippen LogP contribution in [0.2, 0.25) is 5.02 Å². The maximum absolute atomic E-state index is 11.3. The van der Waals surface area contributed by atoms with Gasteiger partial charge in [-0.05, 0) is 25.0 Å². The average molecular weight is 299 g/mol. The van der Waals surface area contributed by atoms with E-state index in [9.17, 15) is 15.0 Å². The van der Waals surface area contributed by atoms with Crippen molar-refractivity contribution in [3.05, 3.63) is 22.7 Å². The first-order chi connectivity index (χ1) is 9.32. The maximum Gasteiger partial charge on any atom is 0.337 e. The first-order valence-electron chi connectivity index (χ1n) is 6.58. The molecule has 0 spiro atoms. The van der Waals surface area contributed by atoms with E-state index >= 15 is 0 Å². The largest absolute Gasteiger partial charge is 0.478 e. The van der Waals surface area contributed by atoms with Crippen LogP contribution in [0.1, 0.15) is 36.0 Å². The lowest BCUT2D eigenvalue weighted by molar-refractivity contribution is 0.0555. The van der Waals surface area contributed by atoms with Gasteiger partial charge in [0.15, 0.2) is 0 Å². The van der Waals surface area contributed by atoms with Crippen LogP contribution in [-0.4, -0.2) is 35.4 Å². The summed E-state index contributed by atoms with van der Waals surface area (Å²) in [5.74, 6) is -1.08. The van der Waals surface area contributed by atoms with Gasteiger partial charge >= 0.3 is 5.97 Å². The normalized spacial score (nSPS) is 17.1. The fourth-order valence-electron chi connectivity index (χ4n) is 2.88. The molecule has 110 valence electrons. The summed E-state index contributed by atoms with van der Waals surface area (Å²) in [5, 5.41) is 20.0. The third kappa shape index (κ3) is 2.99. The molecule has 1 saturated carbocycles. The van der Waals surface area contributed by atoms with Crippen LogP contribution in [-0.2, 0) is 0 Å². The summed E-state index contributed by atoms with van der Waals surface area (Å²) in [4.78, 5) is 13.0. The van der Waals surface area contributed by atoms with Crippen molar-refractivity contribution in [1.29, 1.82) is 0 Å². The van der Waals surface area contributed by atoms with Crippen LogP contribution in [0, 0.1) is 0 Å². The zero-order chi connectivity index (χ0) is 14.9. The number of likely N-dealkylation sites (N-methyl/N-ethyl adjacent to an activating group) is 1. The summed E-state index contributed by atoms with van der Waals surface area (Å²) >= 11 is 6.14. The van der Waals surface area contributed by atoms with Gasteiger partial charge in [-0.25, -0.2) is 4.79 Å². The first-order valence-corrected chi connectivity index (χ1v) is 6.96. The van der Waals surface area contributed by atoms with Crippen molar-refractivity contribution in [2.75, 3.05) is 24.2 Å². The van der Waals surface area contributed by atoms with Crippen molar-refractivity contribution in [2.45, 2.75) is 31.3 Å². The number of carboxylic acid groups (broad SMARTS) is 1. The van der Waals surface area contributed by atoms with Gasteiger partial charge in [-0.15, -0.1) is 0 Å². The molecule has 0 aromatic heterocycles. The minimum absolute atomic E-state index is 0.0547. The number of hydrogen-bond acceptors (Lipinski definition) is 4. The standard InChI is InChI=1S/C14H19ClN2O3/c1-17(8-14(20)4-2-3-5-14)12-10(13(18)19)6-9(16)7-11(12)15/h6-7,20H,2-5,8,16H2,1H3,(H,18,19). The molecule has 0 unspecified atom stereocenters. The first kappa shape index (κ1) is 14.9. The smallest absolute Gasteiger partial charge is 0.337 e. The number of hydrogen-bond donors (Lipinski definition) is 3. The number of benzene rings is 1. The lowest BCUT2D eigenvalue weighted by Crippen LogP contribution is -2.39. The Hall–Kier alpha value is -1.46. The van der Waals surface area contributed by atoms with Crippen molar-refractivity contribution < 1.29 is 15.0 Å². The highest BCUT2D eigenvalue weighted by atomic mass is 35.5. The molecule has 1 fully saturated rings. The van der Waals surface area contributed by atoms with Gasteiger partial charge < -0.3 is 20.8 Å². The number of aromatic carboxylic acids is 1. The number of carbonyl (C=O) groups is 1. The molecule has 0 radical (unpaired) electrons. The summed E-state index contributed by atoms with van der Waals surface area (Å²) in [5.41, 5.74) is 5.63. The van der Waals surface area contributed by atoms with Gasteiger partial charge in [0.05, 0.1) is 21.9 Å². The van der Waals surface area contributed by atoms with Crippen LogP contribution < -0.4 is 10.6 Å². The summed E-state index contributed by atoms with van der Waals surface area (Å²) in [6.07, 6.45) is 3.44. The van der Waals surface area contributed by atoms with Crippen molar-refractivity contribution in [2.24, 2.45) is 0 Å². The number of nitrogens with zero attached hydrogens (tertiary/aromatic N) is 1. The Labute approximate surface area is 122 Å². The number of carboxylic acids is 1. The second kappa shape index (κ2) is 5.50. The van der Waals surface area contributed by atoms with E-state index in [-0.39, 0.29) is 10.6 Å². The third-order valence-corrected chi connectivity index (χ3v) is 4.05. The molecule has 0 atom stereocenters. The Morgan fingerprint density at radius 3 is 2.60 bits per heavy atom. The number of anilines is 2. The topological polar surface area (TPSA) is 86.8 Å². The minimum atomic E-state index is -1.08. The Bertz CT molecular complexity index is 527. The van der Waals surface area contributed by atoms with Crippen LogP contribution in [0.5, 0.6) is 0 Å². The van der Waals surface area contributed by atoms with E-state index in [1.165, 1.54) is 12.1 Å². The van der Waals surface area contributed by atoms with Gasteiger partial charge in [0, 0.05) is 19.3 Å². The maximum atomic E-state index is 11.3. The molecule has 0 amide bonds. The predicted molar refractivity (Wildman–Crippen MR) is 79.5 cm³/mol. The molecule has 6 heteroatoms. The van der Waals surface area contributed by atoms with Crippen LogP contribution in [0.15, 0.2) is 12.1 Å². The van der Waals surface area contributed by atoms with Crippen LogP contribution in [0.25, 0.3) is 0 Å². The summed E-state index contributed by atoms with van der Waals surface area (Å²) in [6, 6.07) is 2.91. The molecule has 0 heterocycles. The monoisotopic (exact) mass is 298 g/mol. The summed E-state index contributed by atoms with van der Waals surface area (Å²) < 4.78 is 0. The van der Waals surface area contributed by atoms with Crippen molar-refractivity contribution in [3.8, 4) is 0 Å². The van der Waals surface area contributed by atoms with Gasteiger partial charge in [0.2, 0.25) is 0 Å². The summed E-state index contributed by atoms with van der Waals surface area (Å²) in [6.45, 7) is 0.358.